The summed E-state index contributed by atoms with van der Waals surface area (Å²) in [7, 11) is 0. The minimum atomic E-state index is -4.91. The van der Waals surface area contributed by atoms with E-state index in [2.05, 4.69) is 4.98 Å². The molecule has 3 aromatic carbocycles. The van der Waals surface area contributed by atoms with Crippen molar-refractivity contribution in [1.29, 1.82) is 5.26 Å². The zero-order valence-corrected chi connectivity index (χ0v) is 20.8. The monoisotopic (exact) mass is 553 g/mol. The molecule has 38 heavy (non-hydrogen) atoms. The predicted octanol–water partition coefficient (Wildman–Crippen LogP) is 8.03. The van der Waals surface area contributed by atoms with Crippen LogP contribution in [0.5, 0.6) is 11.5 Å². The van der Waals surface area contributed by atoms with Crippen molar-refractivity contribution in [3.8, 4) is 28.8 Å². The van der Waals surface area contributed by atoms with Crippen LogP contribution in [0.3, 0.4) is 0 Å². The Kier molecular flexibility index (Phi) is 6.66. The van der Waals surface area contributed by atoms with Crippen LogP contribution in [-0.2, 0) is 12.7 Å². The van der Waals surface area contributed by atoms with Gasteiger partial charge in [-0.3, -0.25) is 4.79 Å². The SMILES string of the molecule is N#Cc1c(C(F)(F)F)cc(-c2ccc(Oc3ccc4[nH]ccc4c3)cc2)n(Cc2ccc(Cl)cc2Cl)c1=O. The number of rotatable bonds is 5. The number of pyridine rings is 1. The second-order valence-corrected chi connectivity index (χ2v) is 9.25. The average molecular weight is 554 g/mol. The van der Waals surface area contributed by atoms with Crippen molar-refractivity contribution in [2.45, 2.75) is 12.7 Å². The van der Waals surface area contributed by atoms with Gasteiger partial charge in [0.2, 0.25) is 0 Å². The van der Waals surface area contributed by atoms with E-state index in [1.165, 1.54) is 12.1 Å². The van der Waals surface area contributed by atoms with Crippen LogP contribution >= 0.6 is 23.2 Å². The fourth-order valence-electron chi connectivity index (χ4n) is 4.12. The maximum Gasteiger partial charge on any atom is 0.417 e. The molecule has 0 aliphatic carbocycles. The molecule has 0 bridgehead atoms. The van der Waals surface area contributed by atoms with Gasteiger partial charge < -0.3 is 14.3 Å². The first kappa shape index (κ1) is 25.5. The number of alkyl halides is 3. The fourth-order valence-corrected chi connectivity index (χ4v) is 4.59. The number of benzene rings is 3. The molecule has 10 heteroatoms. The van der Waals surface area contributed by atoms with Gasteiger partial charge in [0.05, 0.1) is 17.8 Å². The van der Waals surface area contributed by atoms with Crippen LogP contribution in [0, 0.1) is 11.3 Å². The van der Waals surface area contributed by atoms with Crippen molar-refractivity contribution in [1.82, 2.24) is 9.55 Å². The Labute approximate surface area is 224 Å². The number of fused-ring (bicyclic) bond motifs is 1. The number of hydrogen-bond donors (Lipinski definition) is 1. The molecule has 5 nitrogen and oxygen atoms in total. The van der Waals surface area contributed by atoms with Crippen molar-refractivity contribution in [3.63, 3.8) is 0 Å². The first-order valence-electron chi connectivity index (χ1n) is 11.2. The molecule has 0 radical (unpaired) electrons. The van der Waals surface area contributed by atoms with Crippen LogP contribution in [0.1, 0.15) is 16.7 Å². The van der Waals surface area contributed by atoms with Gasteiger partial charge >= 0.3 is 6.18 Å². The van der Waals surface area contributed by atoms with Gasteiger partial charge in [-0.2, -0.15) is 18.4 Å². The largest absolute Gasteiger partial charge is 0.457 e. The molecule has 0 fully saturated rings. The summed E-state index contributed by atoms with van der Waals surface area (Å²) in [6.07, 6.45) is -3.09. The summed E-state index contributed by atoms with van der Waals surface area (Å²) in [6.45, 7) is -0.175. The lowest BCUT2D eigenvalue weighted by Gasteiger charge is -2.18. The van der Waals surface area contributed by atoms with E-state index < -0.39 is 22.9 Å². The molecule has 0 aliphatic rings. The summed E-state index contributed by atoms with van der Waals surface area (Å²) in [5.74, 6) is 1.03. The third-order valence-corrected chi connectivity index (χ3v) is 6.56. The Hall–Kier alpha value is -4.19. The number of ether oxygens (including phenoxy) is 1. The highest BCUT2D eigenvalue weighted by Gasteiger charge is 2.36. The van der Waals surface area contributed by atoms with E-state index in [9.17, 15) is 23.2 Å². The summed E-state index contributed by atoms with van der Waals surface area (Å²) in [5.41, 5.74) is -1.70. The van der Waals surface area contributed by atoms with Gasteiger partial charge in [-0.1, -0.05) is 29.3 Å². The number of halogens is 5. The van der Waals surface area contributed by atoms with Crippen molar-refractivity contribution >= 4 is 34.1 Å². The van der Waals surface area contributed by atoms with E-state index in [-0.39, 0.29) is 17.3 Å². The van der Waals surface area contributed by atoms with Gasteiger partial charge in [0.25, 0.3) is 5.56 Å². The highest BCUT2D eigenvalue weighted by molar-refractivity contribution is 6.35. The quantitative estimate of drug-likeness (QED) is 0.239. The maximum absolute atomic E-state index is 13.8. The molecule has 2 heterocycles. The third-order valence-electron chi connectivity index (χ3n) is 5.97. The van der Waals surface area contributed by atoms with E-state index in [0.29, 0.717) is 27.6 Å². The Morgan fingerprint density at radius 1 is 0.947 bits per heavy atom. The molecule has 0 amide bonds. The van der Waals surface area contributed by atoms with Gasteiger partial charge in [0.15, 0.2) is 0 Å². The highest BCUT2D eigenvalue weighted by atomic mass is 35.5. The van der Waals surface area contributed by atoms with Crippen LogP contribution in [0.2, 0.25) is 10.0 Å². The summed E-state index contributed by atoms with van der Waals surface area (Å²) in [4.78, 5) is 16.3. The van der Waals surface area contributed by atoms with Crippen LogP contribution < -0.4 is 10.3 Å². The standard InChI is InChI=1S/C28H16Cl2F3N3O2/c29-19-4-1-18(24(30)12-19)15-36-26(13-23(28(31,32)33)22(14-34)27(36)37)16-2-5-20(6-3-16)38-21-7-8-25-17(11-21)9-10-35-25/h1-13,35H,15H2. The summed E-state index contributed by atoms with van der Waals surface area (Å²) in [5, 5.41) is 11.0. The number of nitrogens with zero attached hydrogens (tertiary/aromatic N) is 2. The van der Waals surface area contributed by atoms with Crippen LogP contribution in [0.25, 0.3) is 22.2 Å². The van der Waals surface area contributed by atoms with E-state index >= 15 is 0 Å². The predicted molar refractivity (Wildman–Crippen MR) is 140 cm³/mol. The zero-order valence-electron chi connectivity index (χ0n) is 19.3. The molecule has 5 rings (SSSR count). The number of aromatic amines is 1. The molecule has 5 aromatic rings. The van der Waals surface area contributed by atoms with Crippen LogP contribution in [0.15, 0.2) is 83.8 Å². The minimum absolute atomic E-state index is 0.0346. The third kappa shape index (κ3) is 4.99. The van der Waals surface area contributed by atoms with Gasteiger partial charge in [-0.15, -0.1) is 0 Å². The molecule has 0 aliphatic heterocycles. The second kappa shape index (κ2) is 9.93. The Balaban J connectivity index is 1.58. The molecule has 1 N–H and O–H groups in total. The molecule has 2 aromatic heterocycles. The van der Waals surface area contributed by atoms with E-state index in [0.717, 1.165) is 21.5 Å². The molecular weight excluding hydrogens is 538 g/mol. The average Bonchev–Trinajstić information content (AvgIpc) is 3.34. The molecule has 0 unspecified atom stereocenters. The lowest BCUT2D eigenvalue weighted by molar-refractivity contribution is -0.137. The first-order valence-corrected chi connectivity index (χ1v) is 11.9. The molecule has 0 atom stereocenters. The van der Waals surface area contributed by atoms with Crippen molar-refractivity contribution in [3.05, 3.63) is 116 Å². The molecule has 190 valence electrons. The van der Waals surface area contributed by atoms with E-state index in [4.69, 9.17) is 27.9 Å². The lowest BCUT2D eigenvalue weighted by Crippen LogP contribution is -2.28. The van der Waals surface area contributed by atoms with Crippen molar-refractivity contribution < 1.29 is 17.9 Å². The van der Waals surface area contributed by atoms with E-state index in [1.54, 1.807) is 42.5 Å². The molecular formula is C28H16Cl2F3N3O2. The molecule has 0 spiro atoms. The van der Waals surface area contributed by atoms with Gasteiger partial charge in [0.1, 0.15) is 23.1 Å². The number of H-pyrrole nitrogens is 1. The van der Waals surface area contributed by atoms with Crippen LogP contribution in [0.4, 0.5) is 13.2 Å². The van der Waals surface area contributed by atoms with Gasteiger partial charge in [0, 0.05) is 27.1 Å². The zero-order chi connectivity index (χ0) is 27.0. The first-order chi connectivity index (χ1) is 18.1. The minimum Gasteiger partial charge on any atom is -0.457 e. The van der Waals surface area contributed by atoms with Crippen molar-refractivity contribution in [2.75, 3.05) is 0 Å². The summed E-state index contributed by atoms with van der Waals surface area (Å²) < 4.78 is 48.4. The lowest BCUT2D eigenvalue weighted by atomic mass is 10.0. The molecule has 0 saturated heterocycles. The Morgan fingerprint density at radius 2 is 1.68 bits per heavy atom. The summed E-state index contributed by atoms with van der Waals surface area (Å²) in [6, 6.07) is 20.5. The van der Waals surface area contributed by atoms with Crippen molar-refractivity contribution in [2.24, 2.45) is 0 Å². The second-order valence-electron chi connectivity index (χ2n) is 8.41. The number of hydrogen-bond acceptors (Lipinski definition) is 3. The Morgan fingerprint density at radius 3 is 2.37 bits per heavy atom. The molecule has 0 saturated carbocycles. The normalized spacial score (nSPS) is 11.5. The maximum atomic E-state index is 13.8. The highest BCUT2D eigenvalue weighted by Crippen LogP contribution is 2.35. The van der Waals surface area contributed by atoms with Crippen LogP contribution in [-0.4, -0.2) is 9.55 Å². The fraction of sp³-hybridized carbons (Fsp3) is 0.0714. The van der Waals surface area contributed by atoms with E-state index in [1.807, 2.05) is 24.4 Å². The topological polar surface area (TPSA) is 70.8 Å². The van der Waals surface area contributed by atoms with Gasteiger partial charge in [-0.25, -0.2) is 0 Å². The summed E-state index contributed by atoms with van der Waals surface area (Å²) >= 11 is 12.2. The number of aromatic nitrogens is 2. The smallest absolute Gasteiger partial charge is 0.417 e. The number of nitrogens with one attached hydrogen (secondary N) is 1. The van der Waals surface area contributed by atoms with Gasteiger partial charge in [-0.05, 0) is 77.9 Å². The Bertz CT molecular complexity index is 1770. The number of nitriles is 1.